The first kappa shape index (κ1) is 20.8. The molecule has 1 aliphatic rings. The van der Waals surface area contributed by atoms with E-state index in [4.69, 9.17) is 27.9 Å². The highest BCUT2D eigenvalue weighted by molar-refractivity contribution is 6.42. The number of carbonyl (C=O) groups is 1. The number of aliphatic hydroxyl groups excluding tert-OH is 1. The summed E-state index contributed by atoms with van der Waals surface area (Å²) in [6, 6.07) is 10.4. The number of methoxy groups -OCH3 is 1. The van der Waals surface area contributed by atoms with Crippen LogP contribution in [0.3, 0.4) is 0 Å². The Labute approximate surface area is 175 Å². The summed E-state index contributed by atoms with van der Waals surface area (Å²) in [7, 11) is 1.61. The minimum Gasteiger partial charge on any atom is -0.497 e. The first-order valence-corrected chi connectivity index (χ1v) is 10.00. The molecule has 1 fully saturated rings. The van der Waals surface area contributed by atoms with Crippen molar-refractivity contribution >= 4 is 34.9 Å². The third kappa shape index (κ3) is 4.72. The Bertz CT molecular complexity index is 856. The first-order chi connectivity index (χ1) is 13.4. The predicted octanol–water partition coefficient (Wildman–Crippen LogP) is 5.43. The van der Waals surface area contributed by atoms with Crippen molar-refractivity contribution in [3.8, 4) is 5.75 Å². The van der Waals surface area contributed by atoms with Gasteiger partial charge in [0, 0.05) is 11.7 Å². The molecule has 0 saturated heterocycles. The van der Waals surface area contributed by atoms with Gasteiger partial charge in [-0.2, -0.15) is 0 Å². The lowest BCUT2D eigenvalue weighted by molar-refractivity contribution is 0.0840. The Balaban J connectivity index is 1.74. The van der Waals surface area contributed by atoms with Gasteiger partial charge in [0.05, 0.1) is 29.8 Å². The molecule has 0 aliphatic heterocycles. The summed E-state index contributed by atoms with van der Waals surface area (Å²) >= 11 is 12.0. The quantitative estimate of drug-likeness (QED) is 0.651. The van der Waals surface area contributed by atoms with Crippen LogP contribution < -0.4 is 10.1 Å². The lowest BCUT2D eigenvalue weighted by Crippen LogP contribution is -2.48. The van der Waals surface area contributed by atoms with Crippen LogP contribution >= 0.6 is 23.2 Å². The van der Waals surface area contributed by atoms with Crippen molar-refractivity contribution in [1.82, 2.24) is 4.90 Å². The average molecular weight is 423 g/mol. The van der Waals surface area contributed by atoms with Gasteiger partial charge >= 0.3 is 6.03 Å². The van der Waals surface area contributed by atoms with E-state index in [1.807, 2.05) is 19.1 Å². The van der Waals surface area contributed by atoms with E-state index in [0.29, 0.717) is 15.6 Å². The fourth-order valence-electron chi connectivity index (χ4n) is 3.20. The minimum atomic E-state index is -0.849. The number of urea groups is 1. The van der Waals surface area contributed by atoms with Gasteiger partial charge in [0.15, 0.2) is 0 Å². The van der Waals surface area contributed by atoms with Crippen molar-refractivity contribution in [3.63, 3.8) is 0 Å². The second-order valence-electron chi connectivity index (χ2n) is 7.04. The van der Waals surface area contributed by atoms with Gasteiger partial charge in [0.1, 0.15) is 5.75 Å². The zero-order chi connectivity index (χ0) is 20.3. The van der Waals surface area contributed by atoms with Crippen LogP contribution in [-0.4, -0.2) is 35.7 Å². The number of nitrogens with one attached hydrogen (secondary N) is 1. The van der Waals surface area contributed by atoms with Crippen LogP contribution in [0.15, 0.2) is 36.4 Å². The number of benzene rings is 2. The number of rotatable bonds is 6. The topological polar surface area (TPSA) is 61.8 Å². The molecule has 150 valence electrons. The van der Waals surface area contributed by atoms with Gasteiger partial charge in [-0.15, -0.1) is 0 Å². The molecule has 5 nitrogen and oxygen atoms in total. The Hall–Kier alpha value is -1.95. The van der Waals surface area contributed by atoms with Gasteiger partial charge in [-0.3, -0.25) is 0 Å². The van der Waals surface area contributed by atoms with Gasteiger partial charge in [-0.05, 0) is 67.6 Å². The fourth-order valence-corrected chi connectivity index (χ4v) is 3.50. The molecule has 1 atom stereocenters. The van der Waals surface area contributed by atoms with Gasteiger partial charge < -0.3 is 20.1 Å². The predicted molar refractivity (Wildman–Crippen MR) is 113 cm³/mol. The van der Waals surface area contributed by atoms with E-state index in [9.17, 15) is 9.90 Å². The van der Waals surface area contributed by atoms with Crippen LogP contribution in [0.4, 0.5) is 10.5 Å². The Kier molecular flexibility index (Phi) is 6.70. The van der Waals surface area contributed by atoms with Crippen LogP contribution in [0, 0.1) is 6.92 Å². The zero-order valence-corrected chi connectivity index (χ0v) is 17.4. The molecule has 2 amide bonds. The Morgan fingerprint density at radius 3 is 2.57 bits per heavy atom. The molecule has 0 bridgehead atoms. The van der Waals surface area contributed by atoms with Gasteiger partial charge in [-0.1, -0.05) is 29.3 Å². The summed E-state index contributed by atoms with van der Waals surface area (Å²) in [4.78, 5) is 14.7. The fraction of sp³-hybridized carbons (Fsp3) is 0.381. The van der Waals surface area contributed by atoms with Crippen molar-refractivity contribution in [3.05, 3.63) is 57.6 Å². The third-order valence-electron chi connectivity index (χ3n) is 5.15. The van der Waals surface area contributed by atoms with Crippen molar-refractivity contribution in [2.45, 2.75) is 38.3 Å². The minimum absolute atomic E-state index is 0.121. The highest BCUT2D eigenvalue weighted by Gasteiger charge is 2.31. The maximum absolute atomic E-state index is 13.0. The highest BCUT2D eigenvalue weighted by atomic mass is 35.5. The molecule has 2 aromatic carbocycles. The number of aryl methyl sites for hydroxylation is 1. The number of halogens is 2. The SMILES string of the molecule is COc1ccc(NC(=O)N(C[C@@H](O)c2ccc(Cl)c(Cl)c2)C2CCC2)c(C)c1. The van der Waals surface area contributed by atoms with Crippen molar-refractivity contribution in [2.24, 2.45) is 0 Å². The molecule has 3 rings (SSSR count). The molecule has 1 aliphatic carbocycles. The van der Waals surface area contributed by atoms with E-state index < -0.39 is 6.10 Å². The van der Waals surface area contributed by atoms with E-state index in [0.717, 1.165) is 36.3 Å². The number of nitrogens with zero attached hydrogens (tertiary/aromatic N) is 1. The maximum atomic E-state index is 13.0. The summed E-state index contributed by atoms with van der Waals surface area (Å²) in [6.45, 7) is 2.10. The summed E-state index contributed by atoms with van der Waals surface area (Å²) in [5, 5.41) is 14.4. The maximum Gasteiger partial charge on any atom is 0.322 e. The standard InChI is InChI=1S/C21H24Cl2N2O3/c1-13-10-16(28-2)7-9-19(13)24-21(27)25(15-4-3-5-15)12-20(26)14-6-8-17(22)18(23)11-14/h6-11,15,20,26H,3-5,12H2,1-2H3,(H,24,27)/t20-/m1/s1. The highest BCUT2D eigenvalue weighted by Crippen LogP contribution is 2.30. The molecule has 0 radical (unpaired) electrons. The number of hydrogen-bond donors (Lipinski definition) is 2. The van der Waals surface area contributed by atoms with E-state index in [1.165, 1.54) is 0 Å². The van der Waals surface area contributed by atoms with E-state index in [-0.39, 0.29) is 18.6 Å². The van der Waals surface area contributed by atoms with Crippen molar-refractivity contribution in [1.29, 1.82) is 0 Å². The number of hydrogen-bond acceptors (Lipinski definition) is 3. The molecule has 1 saturated carbocycles. The smallest absolute Gasteiger partial charge is 0.322 e. The summed E-state index contributed by atoms with van der Waals surface area (Å²) in [5.74, 6) is 0.737. The number of anilines is 1. The summed E-state index contributed by atoms with van der Waals surface area (Å²) in [5.41, 5.74) is 2.26. The summed E-state index contributed by atoms with van der Waals surface area (Å²) in [6.07, 6.45) is 2.10. The molecule has 7 heteroatoms. The van der Waals surface area contributed by atoms with Crippen molar-refractivity contribution < 1.29 is 14.6 Å². The molecule has 0 unspecified atom stereocenters. The molecule has 0 heterocycles. The lowest BCUT2D eigenvalue weighted by atomic mass is 9.91. The third-order valence-corrected chi connectivity index (χ3v) is 5.89. The largest absolute Gasteiger partial charge is 0.497 e. The van der Waals surface area contributed by atoms with Crippen LogP contribution in [0.25, 0.3) is 0 Å². The Morgan fingerprint density at radius 1 is 1.25 bits per heavy atom. The number of aliphatic hydroxyl groups is 1. The molecular formula is C21H24Cl2N2O3. The zero-order valence-electron chi connectivity index (χ0n) is 15.9. The molecule has 0 spiro atoms. The molecule has 2 aromatic rings. The van der Waals surface area contributed by atoms with Gasteiger partial charge in [0.2, 0.25) is 0 Å². The summed E-state index contributed by atoms with van der Waals surface area (Å²) < 4.78 is 5.21. The second kappa shape index (κ2) is 9.03. The van der Waals surface area contributed by atoms with Crippen LogP contribution in [-0.2, 0) is 0 Å². The van der Waals surface area contributed by atoms with Gasteiger partial charge in [0.25, 0.3) is 0 Å². The molecule has 0 aromatic heterocycles. The van der Waals surface area contributed by atoms with E-state index >= 15 is 0 Å². The first-order valence-electron chi connectivity index (χ1n) is 9.24. The van der Waals surface area contributed by atoms with Crippen LogP contribution in [0.2, 0.25) is 10.0 Å². The second-order valence-corrected chi connectivity index (χ2v) is 7.85. The molecule has 28 heavy (non-hydrogen) atoms. The number of amides is 2. The lowest BCUT2D eigenvalue weighted by Gasteiger charge is -2.38. The number of ether oxygens (including phenoxy) is 1. The van der Waals surface area contributed by atoms with E-state index in [1.54, 1.807) is 36.3 Å². The van der Waals surface area contributed by atoms with Gasteiger partial charge in [-0.25, -0.2) is 4.79 Å². The van der Waals surface area contributed by atoms with Crippen molar-refractivity contribution in [2.75, 3.05) is 19.0 Å². The van der Waals surface area contributed by atoms with Crippen LogP contribution in [0.1, 0.15) is 36.5 Å². The number of carbonyl (C=O) groups excluding carboxylic acids is 1. The molecular weight excluding hydrogens is 399 g/mol. The average Bonchev–Trinajstić information content (AvgIpc) is 2.63. The molecule has 2 N–H and O–H groups in total. The Morgan fingerprint density at radius 2 is 2.00 bits per heavy atom. The normalized spacial score (nSPS) is 14.9. The van der Waals surface area contributed by atoms with Crippen LogP contribution in [0.5, 0.6) is 5.75 Å². The van der Waals surface area contributed by atoms with E-state index in [2.05, 4.69) is 5.32 Å². The monoisotopic (exact) mass is 422 g/mol.